The van der Waals surface area contributed by atoms with Gasteiger partial charge in [-0.1, -0.05) is 43.3 Å². The molecule has 0 fully saturated rings. The van der Waals surface area contributed by atoms with Crippen molar-refractivity contribution >= 4 is 11.3 Å². The standard InChI is InChI=1S/C16H22N2S/c1-3-18(12-14-8-5-4-6-9-14)16(13(2)17)15-10-7-11-19-15/h4-11,13,16H,3,12,17H2,1-2H3. The summed E-state index contributed by atoms with van der Waals surface area (Å²) in [6.45, 7) is 6.24. The fourth-order valence-electron chi connectivity index (χ4n) is 2.46. The molecule has 102 valence electrons. The third-order valence-corrected chi connectivity index (χ3v) is 4.30. The quantitative estimate of drug-likeness (QED) is 0.871. The average Bonchev–Trinajstić information content (AvgIpc) is 2.92. The zero-order chi connectivity index (χ0) is 13.7. The van der Waals surface area contributed by atoms with E-state index in [9.17, 15) is 0 Å². The zero-order valence-electron chi connectivity index (χ0n) is 11.6. The van der Waals surface area contributed by atoms with Crippen LogP contribution in [-0.2, 0) is 6.54 Å². The van der Waals surface area contributed by atoms with Crippen molar-refractivity contribution in [1.82, 2.24) is 4.90 Å². The van der Waals surface area contributed by atoms with E-state index in [1.807, 2.05) is 0 Å². The molecule has 0 radical (unpaired) electrons. The third kappa shape index (κ3) is 3.66. The maximum absolute atomic E-state index is 6.22. The summed E-state index contributed by atoms with van der Waals surface area (Å²) in [5.74, 6) is 0. The van der Waals surface area contributed by atoms with E-state index in [1.165, 1.54) is 10.4 Å². The number of nitrogens with zero attached hydrogens (tertiary/aromatic N) is 1. The van der Waals surface area contributed by atoms with Crippen LogP contribution in [0.1, 0.15) is 30.3 Å². The molecule has 0 aliphatic rings. The van der Waals surface area contributed by atoms with E-state index >= 15 is 0 Å². The largest absolute Gasteiger partial charge is 0.326 e. The fraction of sp³-hybridized carbons (Fsp3) is 0.375. The van der Waals surface area contributed by atoms with Crippen molar-refractivity contribution in [3.63, 3.8) is 0 Å². The van der Waals surface area contributed by atoms with Gasteiger partial charge in [-0.3, -0.25) is 4.90 Å². The van der Waals surface area contributed by atoms with Gasteiger partial charge in [-0.15, -0.1) is 11.3 Å². The van der Waals surface area contributed by atoms with Crippen molar-refractivity contribution in [1.29, 1.82) is 0 Å². The first kappa shape index (κ1) is 14.3. The monoisotopic (exact) mass is 274 g/mol. The van der Waals surface area contributed by atoms with Crippen LogP contribution in [0.4, 0.5) is 0 Å². The highest BCUT2D eigenvalue weighted by Crippen LogP contribution is 2.28. The molecule has 1 aromatic heterocycles. The number of nitrogens with two attached hydrogens (primary N) is 1. The molecule has 1 heterocycles. The minimum atomic E-state index is 0.127. The van der Waals surface area contributed by atoms with Gasteiger partial charge in [0.2, 0.25) is 0 Å². The Bertz CT molecular complexity index is 465. The minimum Gasteiger partial charge on any atom is -0.326 e. The Hall–Kier alpha value is -1.16. The van der Waals surface area contributed by atoms with Crippen LogP contribution in [0.2, 0.25) is 0 Å². The van der Waals surface area contributed by atoms with Gasteiger partial charge >= 0.3 is 0 Å². The molecule has 2 nitrogen and oxygen atoms in total. The van der Waals surface area contributed by atoms with Crippen LogP contribution in [0.25, 0.3) is 0 Å². The lowest BCUT2D eigenvalue weighted by Gasteiger charge is -2.33. The highest BCUT2D eigenvalue weighted by molar-refractivity contribution is 7.10. The van der Waals surface area contributed by atoms with Crippen molar-refractivity contribution in [3.8, 4) is 0 Å². The van der Waals surface area contributed by atoms with E-state index in [2.05, 4.69) is 66.6 Å². The molecular weight excluding hydrogens is 252 g/mol. The Kier molecular flexibility index (Phi) is 5.14. The Morgan fingerprint density at radius 2 is 1.89 bits per heavy atom. The second-order valence-electron chi connectivity index (χ2n) is 4.87. The molecule has 19 heavy (non-hydrogen) atoms. The number of hydrogen-bond acceptors (Lipinski definition) is 3. The molecular formula is C16H22N2S. The predicted octanol–water partition coefficient (Wildman–Crippen LogP) is 3.66. The van der Waals surface area contributed by atoms with E-state index in [-0.39, 0.29) is 6.04 Å². The number of thiophene rings is 1. The lowest BCUT2D eigenvalue weighted by molar-refractivity contribution is 0.180. The number of likely N-dealkylation sites (N-methyl/N-ethyl adjacent to an activating group) is 1. The highest BCUT2D eigenvalue weighted by atomic mass is 32.1. The number of rotatable bonds is 6. The van der Waals surface area contributed by atoms with E-state index in [0.29, 0.717) is 6.04 Å². The first-order valence-corrected chi connectivity index (χ1v) is 7.67. The summed E-state index contributed by atoms with van der Waals surface area (Å²) in [4.78, 5) is 3.80. The summed E-state index contributed by atoms with van der Waals surface area (Å²) in [5.41, 5.74) is 7.56. The lowest BCUT2D eigenvalue weighted by atomic mass is 10.1. The Labute approximate surface area is 119 Å². The predicted molar refractivity (Wildman–Crippen MR) is 83.2 cm³/mol. The van der Waals surface area contributed by atoms with Crippen LogP contribution in [0, 0.1) is 0 Å². The van der Waals surface area contributed by atoms with Crippen LogP contribution in [0.5, 0.6) is 0 Å². The molecule has 2 rings (SSSR count). The molecule has 2 atom stereocenters. The summed E-state index contributed by atoms with van der Waals surface area (Å²) in [7, 11) is 0. The molecule has 2 N–H and O–H groups in total. The number of hydrogen-bond donors (Lipinski definition) is 1. The van der Waals surface area contributed by atoms with E-state index in [0.717, 1.165) is 13.1 Å². The van der Waals surface area contributed by atoms with Gasteiger partial charge in [0.25, 0.3) is 0 Å². The van der Waals surface area contributed by atoms with Crippen molar-refractivity contribution < 1.29 is 0 Å². The summed E-state index contributed by atoms with van der Waals surface area (Å²) in [6, 6.07) is 15.3. The van der Waals surface area contributed by atoms with E-state index in [4.69, 9.17) is 5.73 Å². The van der Waals surface area contributed by atoms with Crippen LogP contribution >= 0.6 is 11.3 Å². The third-order valence-electron chi connectivity index (χ3n) is 3.36. The van der Waals surface area contributed by atoms with Gasteiger partial charge in [-0.2, -0.15) is 0 Å². The normalized spacial score (nSPS) is 14.5. The van der Waals surface area contributed by atoms with E-state index in [1.54, 1.807) is 11.3 Å². The van der Waals surface area contributed by atoms with E-state index < -0.39 is 0 Å². The Balaban J connectivity index is 2.18. The first-order valence-electron chi connectivity index (χ1n) is 6.79. The van der Waals surface area contributed by atoms with Gasteiger partial charge in [0.15, 0.2) is 0 Å². The fourth-order valence-corrected chi connectivity index (χ4v) is 3.43. The van der Waals surface area contributed by atoms with Gasteiger partial charge in [-0.25, -0.2) is 0 Å². The summed E-state index contributed by atoms with van der Waals surface area (Å²) in [6.07, 6.45) is 0. The first-order chi connectivity index (χ1) is 9.22. The van der Waals surface area contributed by atoms with Crippen molar-refractivity contribution in [2.75, 3.05) is 6.54 Å². The van der Waals surface area contributed by atoms with Crippen LogP contribution < -0.4 is 5.73 Å². The second-order valence-corrected chi connectivity index (χ2v) is 5.85. The molecule has 2 aromatic rings. The van der Waals surface area contributed by atoms with Crippen LogP contribution in [-0.4, -0.2) is 17.5 Å². The van der Waals surface area contributed by atoms with Gasteiger partial charge < -0.3 is 5.73 Å². The Morgan fingerprint density at radius 1 is 1.16 bits per heavy atom. The summed E-state index contributed by atoms with van der Waals surface area (Å²) in [5, 5.41) is 2.13. The zero-order valence-corrected chi connectivity index (χ0v) is 12.4. The molecule has 3 heteroatoms. The van der Waals surface area contributed by atoms with Crippen LogP contribution in [0.3, 0.4) is 0 Å². The summed E-state index contributed by atoms with van der Waals surface area (Å²) >= 11 is 1.79. The molecule has 0 bridgehead atoms. The SMILES string of the molecule is CCN(Cc1ccccc1)C(c1cccs1)C(C)N. The summed E-state index contributed by atoms with van der Waals surface area (Å²) < 4.78 is 0. The second kappa shape index (κ2) is 6.85. The smallest absolute Gasteiger partial charge is 0.0593 e. The van der Waals surface area contributed by atoms with Gasteiger partial charge in [0.1, 0.15) is 0 Å². The molecule has 0 saturated carbocycles. The van der Waals surface area contributed by atoms with Gasteiger partial charge in [-0.05, 0) is 30.5 Å². The molecule has 0 aliphatic carbocycles. The van der Waals surface area contributed by atoms with Gasteiger partial charge in [0, 0.05) is 17.5 Å². The molecule has 0 spiro atoms. The molecule has 0 saturated heterocycles. The highest BCUT2D eigenvalue weighted by Gasteiger charge is 2.23. The molecule has 1 aromatic carbocycles. The van der Waals surface area contributed by atoms with Crippen LogP contribution in [0.15, 0.2) is 47.8 Å². The lowest BCUT2D eigenvalue weighted by Crippen LogP contribution is -2.38. The van der Waals surface area contributed by atoms with Crippen molar-refractivity contribution in [2.45, 2.75) is 32.5 Å². The van der Waals surface area contributed by atoms with Gasteiger partial charge in [0.05, 0.1) is 6.04 Å². The van der Waals surface area contributed by atoms with Crippen molar-refractivity contribution in [2.24, 2.45) is 5.73 Å². The molecule has 2 unspecified atom stereocenters. The maximum Gasteiger partial charge on any atom is 0.0593 e. The number of benzene rings is 1. The Morgan fingerprint density at radius 3 is 2.42 bits per heavy atom. The molecule has 0 amide bonds. The maximum atomic E-state index is 6.22. The topological polar surface area (TPSA) is 29.3 Å². The molecule has 0 aliphatic heterocycles. The van der Waals surface area contributed by atoms with Crippen molar-refractivity contribution in [3.05, 3.63) is 58.3 Å². The minimum absolute atomic E-state index is 0.127. The average molecular weight is 274 g/mol.